The van der Waals surface area contributed by atoms with Gasteiger partial charge in [0, 0.05) is 18.9 Å². The van der Waals surface area contributed by atoms with Crippen LogP contribution >= 0.6 is 12.4 Å². The van der Waals surface area contributed by atoms with Gasteiger partial charge in [0.25, 0.3) is 0 Å². The fourth-order valence-corrected chi connectivity index (χ4v) is 2.29. The zero-order chi connectivity index (χ0) is 14.2. The van der Waals surface area contributed by atoms with Gasteiger partial charge in [0.05, 0.1) is 11.4 Å². The van der Waals surface area contributed by atoms with Gasteiger partial charge in [-0.2, -0.15) is 0 Å². The van der Waals surface area contributed by atoms with Crippen LogP contribution in [0.25, 0.3) is 0 Å². The summed E-state index contributed by atoms with van der Waals surface area (Å²) in [5.74, 6) is 1.12. The number of nitrogens with zero attached hydrogens (tertiary/aromatic N) is 1. The van der Waals surface area contributed by atoms with Crippen molar-refractivity contribution < 1.29 is 4.79 Å². The molecule has 1 unspecified atom stereocenters. The number of hydrogen-bond donors (Lipinski definition) is 2. The highest BCUT2D eigenvalue weighted by Crippen LogP contribution is 2.32. The van der Waals surface area contributed by atoms with Gasteiger partial charge in [-0.25, -0.2) is 4.98 Å². The molecule has 2 heterocycles. The zero-order valence-electron chi connectivity index (χ0n) is 12.8. The maximum absolute atomic E-state index is 12.0. The predicted molar refractivity (Wildman–Crippen MR) is 85.8 cm³/mol. The number of hydrogen-bond acceptors (Lipinski definition) is 3. The maximum Gasteiger partial charge on any atom is 0.226 e. The van der Waals surface area contributed by atoms with Crippen molar-refractivity contribution in [1.29, 1.82) is 0 Å². The fourth-order valence-electron chi connectivity index (χ4n) is 2.29. The third kappa shape index (κ3) is 3.85. The summed E-state index contributed by atoms with van der Waals surface area (Å²) in [4.78, 5) is 16.6. The van der Waals surface area contributed by atoms with Gasteiger partial charge in [0.2, 0.25) is 5.91 Å². The Morgan fingerprint density at radius 3 is 2.75 bits per heavy atom. The Labute approximate surface area is 127 Å². The number of aryl methyl sites for hydroxylation is 1. The molecular formula is C15H24ClN3O. The van der Waals surface area contributed by atoms with Gasteiger partial charge < -0.3 is 10.6 Å². The monoisotopic (exact) mass is 297 g/mol. The number of carbonyl (C=O) groups excluding carboxylic acids is 1. The van der Waals surface area contributed by atoms with Crippen molar-refractivity contribution >= 4 is 29.8 Å². The van der Waals surface area contributed by atoms with Crippen molar-refractivity contribution in [3.05, 3.63) is 17.3 Å². The zero-order valence-corrected chi connectivity index (χ0v) is 13.6. The lowest BCUT2D eigenvalue weighted by Gasteiger charge is -2.18. The second-order valence-corrected chi connectivity index (χ2v) is 6.65. The van der Waals surface area contributed by atoms with E-state index in [-0.39, 0.29) is 23.7 Å². The van der Waals surface area contributed by atoms with Crippen LogP contribution in [-0.2, 0) is 4.79 Å². The molecule has 0 saturated heterocycles. The summed E-state index contributed by atoms with van der Waals surface area (Å²) in [7, 11) is 0. The Morgan fingerprint density at radius 2 is 2.15 bits per heavy atom. The number of carbonyl (C=O) groups is 1. The number of halogens is 1. The third-order valence-corrected chi connectivity index (χ3v) is 3.26. The van der Waals surface area contributed by atoms with E-state index in [0.717, 1.165) is 23.5 Å². The number of anilines is 2. The summed E-state index contributed by atoms with van der Waals surface area (Å²) in [6.45, 7) is 11.2. The first-order valence-electron chi connectivity index (χ1n) is 6.81. The van der Waals surface area contributed by atoms with E-state index in [1.807, 2.05) is 6.92 Å². The second-order valence-electron chi connectivity index (χ2n) is 6.65. The van der Waals surface area contributed by atoms with E-state index in [2.05, 4.69) is 49.4 Å². The average Bonchev–Trinajstić information content (AvgIpc) is 2.58. The van der Waals surface area contributed by atoms with E-state index in [4.69, 9.17) is 0 Å². The minimum atomic E-state index is -0.0104. The van der Waals surface area contributed by atoms with E-state index in [1.54, 1.807) is 0 Å². The summed E-state index contributed by atoms with van der Waals surface area (Å²) >= 11 is 0. The smallest absolute Gasteiger partial charge is 0.226 e. The third-order valence-electron chi connectivity index (χ3n) is 3.26. The molecule has 0 bridgehead atoms. The van der Waals surface area contributed by atoms with Gasteiger partial charge in [-0.3, -0.25) is 4.79 Å². The first-order chi connectivity index (χ1) is 8.76. The fraction of sp³-hybridized carbons (Fsp3) is 0.600. The Morgan fingerprint density at radius 1 is 1.50 bits per heavy atom. The van der Waals surface area contributed by atoms with Gasteiger partial charge in [0.15, 0.2) is 0 Å². The minimum absolute atomic E-state index is 0. The van der Waals surface area contributed by atoms with Gasteiger partial charge in [-0.05, 0) is 24.0 Å². The molecular weight excluding hydrogens is 274 g/mol. The molecule has 1 aromatic rings. The van der Waals surface area contributed by atoms with E-state index in [9.17, 15) is 4.79 Å². The molecule has 2 N–H and O–H groups in total. The molecule has 20 heavy (non-hydrogen) atoms. The Kier molecular flexibility index (Phi) is 5.03. The minimum Gasteiger partial charge on any atom is -0.383 e. The topological polar surface area (TPSA) is 54.0 Å². The molecule has 1 amide bonds. The molecule has 5 heteroatoms. The highest BCUT2D eigenvalue weighted by Gasteiger charge is 2.22. The summed E-state index contributed by atoms with van der Waals surface area (Å²) in [5, 5.41) is 6.27. The Balaban J connectivity index is 0.00000200. The van der Waals surface area contributed by atoms with Crippen molar-refractivity contribution in [1.82, 2.24) is 4.98 Å². The van der Waals surface area contributed by atoms with Crippen LogP contribution in [0.5, 0.6) is 0 Å². The first kappa shape index (κ1) is 16.8. The van der Waals surface area contributed by atoms with Crippen molar-refractivity contribution in [2.75, 3.05) is 17.2 Å². The average molecular weight is 298 g/mol. The molecule has 1 aromatic heterocycles. The van der Waals surface area contributed by atoms with E-state index in [0.29, 0.717) is 18.2 Å². The molecule has 0 aliphatic carbocycles. The summed E-state index contributed by atoms with van der Waals surface area (Å²) in [6.07, 6.45) is 0.499. The Bertz CT molecular complexity index is 509. The Hall–Kier alpha value is -1.29. The van der Waals surface area contributed by atoms with Gasteiger partial charge >= 0.3 is 0 Å². The number of pyridine rings is 1. The molecule has 4 nitrogen and oxygen atoms in total. The maximum atomic E-state index is 12.0. The molecule has 1 aliphatic heterocycles. The van der Waals surface area contributed by atoms with Crippen LogP contribution in [0.3, 0.4) is 0 Å². The molecule has 0 radical (unpaired) electrons. The quantitative estimate of drug-likeness (QED) is 0.875. The summed E-state index contributed by atoms with van der Waals surface area (Å²) in [6, 6.07) is 2.07. The lowest BCUT2D eigenvalue weighted by Crippen LogP contribution is -2.21. The first-order valence-corrected chi connectivity index (χ1v) is 6.81. The molecule has 0 spiro atoms. The van der Waals surface area contributed by atoms with Crippen LogP contribution in [-0.4, -0.2) is 17.4 Å². The van der Waals surface area contributed by atoms with Crippen LogP contribution in [0.4, 0.5) is 11.5 Å². The second kappa shape index (κ2) is 6.00. The number of amides is 1. The highest BCUT2D eigenvalue weighted by atomic mass is 35.5. The van der Waals surface area contributed by atoms with Gasteiger partial charge in [0.1, 0.15) is 5.82 Å². The van der Waals surface area contributed by atoms with Crippen LogP contribution in [0, 0.1) is 12.3 Å². The van der Waals surface area contributed by atoms with Crippen molar-refractivity contribution in [2.45, 2.75) is 47.0 Å². The van der Waals surface area contributed by atoms with Crippen molar-refractivity contribution in [3.8, 4) is 0 Å². The van der Waals surface area contributed by atoms with Crippen molar-refractivity contribution in [3.63, 3.8) is 0 Å². The lowest BCUT2D eigenvalue weighted by molar-refractivity contribution is -0.117. The molecule has 0 saturated carbocycles. The summed E-state index contributed by atoms with van der Waals surface area (Å²) < 4.78 is 0. The number of aromatic nitrogens is 1. The SMILES string of the molecule is Cc1cc2c(nc1NC(=O)CC(C)(C)C)C(C)CN2.Cl. The highest BCUT2D eigenvalue weighted by molar-refractivity contribution is 5.91. The normalized spacial score (nSPS) is 16.9. The van der Waals surface area contributed by atoms with Crippen LogP contribution in [0.15, 0.2) is 6.07 Å². The molecule has 0 aromatic carbocycles. The number of nitrogens with one attached hydrogen (secondary N) is 2. The van der Waals surface area contributed by atoms with E-state index < -0.39 is 0 Å². The number of fused-ring (bicyclic) bond motifs is 1. The molecule has 1 atom stereocenters. The van der Waals surface area contributed by atoms with Gasteiger partial charge in [-0.1, -0.05) is 27.7 Å². The standard InChI is InChI=1S/C15H23N3O.ClH/c1-9-6-11-13(10(2)8-16-11)18-14(9)17-12(19)7-15(3,4)5;/h6,10,16H,7-8H2,1-5H3,(H,17,18,19);1H. The summed E-state index contributed by atoms with van der Waals surface area (Å²) in [5.41, 5.74) is 3.14. The van der Waals surface area contributed by atoms with E-state index >= 15 is 0 Å². The van der Waals surface area contributed by atoms with Crippen LogP contribution in [0.2, 0.25) is 0 Å². The van der Waals surface area contributed by atoms with Crippen LogP contribution in [0.1, 0.15) is 51.3 Å². The molecule has 112 valence electrons. The van der Waals surface area contributed by atoms with Gasteiger partial charge in [-0.15, -0.1) is 12.4 Å². The number of rotatable bonds is 2. The van der Waals surface area contributed by atoms with E-state index in [1.165, 1.54) is 0 Å². The molecule has 2 rings (SSSR count). The molecule has 1 aliphatic rings. The molecule has 0 fully saturated rings. The van der Waals surface area contributed by atoms with Crippen LogP contribution < -0.4 is 10.6 Å². The lowest BCUT2D eigenvalue weighted by atomic mass is 9.92. The largest absolute Gasteiger partial charge is 0.383 e. The van der Waals surface area contributed by atoms with Crippen molar-refractivity contribution in [2.24, 2.45) is 5.41 Å². The predicted octanol–water partition coefficient (Wildman–Crippen LogP) is 3.72.